The number of hydrogen-bond donors (Lipinski definition) is 1. The number of ether oxygens (including phenoxy) is 1. The number of nitrogens with one attached hydrogen (secondary N) is 1. The summed E-state index contributed by atoms with van der Waals surface area (Å²) in [5.74, 6) is 0.466. The highest BCUT2D eigenvalue weighted by molar-refractivity contribution is 5.95. The van der Waals surface area contributed by atoms with Crippen LogP contribution in [0.2, 0.25) is 0 Å². The monoisotopic (exact) mass is 308 g/mol. The predicted octanol–water partition coefficient (Wildman–Crippen LogP) is 3.61. The number of benzene rings is 2. The Balaban J connectivity index is 1.59. The molecule has 0 radical (unpaired) electrons. The van der Waals surface area contributed by atoms with Crippen LogP contribution in [-0.4, -0.2) is 23.6 Å². The largest absolute Gasteiger partial charge is 0.436 e. The van der Waals surface area contributed by atoms with E-state index < -0.39 is 0 Å². The van der Waals surface area contributed by atoms with Crippen LogP contribution in [0.1, 0.15) is 12.8 Å². The van der Waals surface area contributed by atoms with Crippen LogP contribution < -0.4 is 5.32 Å². The van der Waals surface area contributed by atoms with E-state index in [2.05, 4.69) is 10.3 Å². The number of rotatable bonds is 3. The maximum Gasteiger partial charge on any atom is 0.253 e. The quantitative estimate of drug-likeness (QED) is 0.802. The molecule has 1 aromatic heterocycles. The van der Waals surface area contributed by atoms with Gasteiger partial charge in [0, 0.05) is 23.9 Å². The highest BCUT2D eigenvalue weighted by Crippen LogP contribution is 2.26. The van der Waals surface area contributed by atoms with Crippen molar-refractivity contribution >= 4 is 22.7 Å². The molecule has 1 aliphatic rings. The Labute approximate surface area is 133 Å². The first-order valence-corrected chi connectivity index (χ1v) is 7.68. The van der Waals surface area contributed by atoms with Gasteiger partial charge in [0.25, 0.3) is 5.91 Å². The molecule has 3 aromatic rings. The zero-order chi connectivity index (χ0) is 15.6. The molecule has 1 N–H and O–H groups in total. The first kappa shape index (κ1) is 14.0. The standard InChI is InChI=1S/C18H16N2O3/c21-17(15-7-4-10-22-15)19-13-8-9-14-16(11-13)23-18(20-14)12-5-2-1-3-6-12/h1-3,5-6,8-9,11,15H,4,7,10H2,(H,19,21)/t15-/m1/s1. The molecular weight excluding hydrogens is 292 g/mol. The molecule has 2 heterocycles. The van der Waals surface area contributed by atoms with Crippen LogP contribution in [-0.2, 0) is 9.53 Å². The number of nitrogens with zero attached hydrogens (tertiary/aromatic N) is 1. The average Bonchev–Trinajstić information content (AvgIpc) is 3.25. The predicted molar refractivity (Wildman–Crippen MR) is 87.0 cm³/mol. The van der Waals surface area contributed by atoms with Gasteiger partial charge in [-0.1, -0.05) is 18.2 Å². The van der Waals surface area contributed by atoms with Gasteiger partial charge < -0.3 is 14.5 Å². The van der Waals surface area contributed by atoms with Crippen molar-refractivity contribution in [3.05, 3.63) is 48.5 Å². The molecule has 1 atom stereocenters. The Hall–Kier alpha value is -2.66. The number of oxazole rings is 1. The minimum Gasteiger partial charge on any atom is -0.436 e. The summed E-state index contributed by atoms with van der Waals surface area (Å²) >= 11 is 0. The average molecular weight is 308 g/mol. The van der Waals surface area contributed by atoms with Gasteiger partial charge in [-0.2, -0.15) is 0 Å². The minimum absolute atomic E-state index is 0.107. The number of carbonyl (C=O) groups excluding carboxylic acids is 1. The summed E-state index contributed by atoms with van der Waals surface area (Å²) in [6, 6.07) is 15.2. The fourth-order valence-electron chi connectivity index (χ4n) is 2.71. The van der Waals surface area contributed by atoms with Gasteiger partial charge in [0.1, 0.15) is 11.6 Å². The molecule has 5 nitrogen and oxygen atoms in total. The maximum atomic E-state index is 12.1. The molecule has 0 spiro atoms. The molecule has 0 aliphatic carbocycles. The van der Waals surface area contributed by atoms with Gasteiger partial charge in [0.05, 0.1) is 0 Å². The Morgan fingerprint density at radius 2 is 2.04 bits per heavy atom. The molecule has 4 rings (SSSR count). The molecule has 23 heavy (non-hydrogen) atoms. The minimum atomic E-state index is -0.347. The van der Waals surface area contributed by atoms with Gasteiger partial charge in [0.2, 0.25) is 5.89 Å². The van der Waals surface area contributed by atoms with Gasteiger partial charge in [-0.15, -0.1) is 0 Å². The summed E-state index contributed by atoms with van der Waals surface area (Å²) in [5, 5.41) is 2.87. The smallest absolute Gasteiger partial charge is 0.253 e. The third-order valence-corrected chi connectivity index (χ3v) is 3.90. The molecule has 1 saturated heterocycles. The summed E-state index contributed by atoms with van der Waals surface area (Å²) in [6.45, 7) is 0.652. The van der Waals surface area contributed by atoms with E-state index in [1.807, 2.05) is 42.5 Å². The second-order valence-electron chi connectivity index (χ2n) is 5.56. The number of amides is 1. The second-order valence-corrected chi connectivity index (χ2v) is 5.56. The molecule has 0 unspecified atom stereocenters. The van der Waals surface area contributed by atoms with Crippen molar-refractivity contribution in [1.29, 1.82) is 0 Å². The van der Waals surface area contributed by atoms with E-state index >= 15 is 0 Å². The number of carbonyl (C=O) groups is 1. The van der Waals surface area contributed by atoms with Crippen LogP contribution in [0.4, 0.5) is 5.69 Å². The Morgan fingerprint density at radius 1 is 1.17 bits per heavy atom. The van der Waals surface area contributed by atoms with E-state index in [0.717, 1.165) is 23.9 Å². The number of aromatic nitrogens is 1. The molecule has 0 saturated carbocycles. The number of anilines is 1. The molecule has 1 aliphatic heterocycles. The molecule has 116 valence electrons. The Kier molecular flexibility index (Phi) is 3.55. The van der Waals surface area contributed by atoms with Crippen molar-refractivity contribution in [2.75, 3.05) is 11.9 Å². The SMILES string of the molecule is O=C(Nc1ccc2nc(-c3ccccc3)oc2c1)[C@H]1CCCO1. The van der Waals surface area contributed by atoms with Crippen LogP contribution in [0.25, 0.3) is 22.6 Å². The first-order valence-electron chi connectivity index (χ1n) is 7.68. The zero-order valence-electron chi connectivity index (χ0n) is 12.5. The van der Waals surface area contributed by atoms with Crippen LogP contribution in [0, 0.1) is 0 Å². The molecule has 0 bridgehead atoms. The lowest BCUT2D eigenvalue weighted by atomic mass is 10.2. The summed E-state index contributed by atoms with van der Waals surface area (Å²) in [6.07, 6.45) is 1.36. The third kappa shape index (κ3) is 2.83. The molecule has 2 aromatic carbocycles. The van der Waals surface area contributed by atoms with Crippen molar-refractivity contribution in [2.24, 2.45) is 0 Å². The van der Waals surface area contributed by atoms with Crippen molar-refractivity contribution < 1.29 is 13.9 Å². The normalized spacial score (nSPS) is 17.5. The maximum absolute atomic E-state index is 12.1. The second kappa shape index (κ2) is 5.85. The lowest BCUT2D eigenvalue weighted by molar-refractivity contribution is -0.124. The van der Waals surface area contributed by atoms with Crippen molar-refractivity contribution in [3.63, 3.8) is 0 Å². The first-order chi connectivity index (χ1) is 11.3. The van der Waals surface area contributed by atoms with Crippen LogP contribution >= 0.6 is 0 Å². The summed E-state index contributed by atoms with van der Waals surface area (Å²) < 4.78 is 11.2. The molecule has 1 fully saturated rings. The lowest BCUT2D eigenvalue weighted by Gasteiger charge is -2.09. The fraction of sp³-hybridized carbons (Fsp3) is 0.222. The van der Waals surface area contributed by atoms with Crippen LogP contribution in [0.3, 0.4) is 0 Å². The van der Waals surface area contributed by atoms with Gasteiger partial charge in [-0.25, -0.2) is 4.98 Å². The van der Waals surface area contributed by atoms with Crippen LogP contribution in [0.5, 0.6) is 0 Å². The van der Waals surface area contributed by atoms with E-state index in [4.69, 9.17) is 9.15 Å². The number of hydrogen-bond acceptors (Lipinski definition) is 4. The summed E-state index contributed by atoms with van der Waals surface area (Å²) in [7, 11) is 0. The van der Waals surface area contributed by atoms with E-state index in [1.165, 1.54) is 0 Å². The fourth-order valence-corrected chi connectivity index (χ4v) is 2.71. The molecular formula is C18H16N2O3. The van der Waals surface area contributed by atoms with Crippen molar-refractivity contribution in [3.8, 4) is 11.5 Å². The van der Waals surface area contributed by atoms with Gasteiger partial charge >= 0.3 is 0 Å². The Morgan fingerprint density at radius 3 is 2.83 bits per heavy atom. The lowest BCUT2D eigenvalue weighted by Crippen LogP contribution is -2.26. The summed E-state index contributed by atoms with van der Waals surface area (Å²) in [4.78, 5) is 16.6. The van der Waals surface area contributed by atoms with E-state index in [9.17, 15) is 4.79 Å². The molecule has 5 heteroatoms. The Bertz CT molecular complexity index is 836. The summed E-state index contributed by atoms with van der Waals surface area (Å²) in [5.41, 5.74) is 3.02. The van der Waals surface area contributed by atoms with Gasteiger partial charge in [-0.3, -0.25) is 4.79 Å². The van der Waals surface area contributed by atoms with E-state index in [-0.39, 0.29) is 12.0 Å². The van der Waals surface area contributed by atoms with Gasteiger partial charge in [-0.05, 0) is 37.1 Å². The van der Waals surface area contributed by atoms with E-state index in [0.29, 0.717) is 23.8 Å². The highest BCUT2D eigenvalue weighted by atomic mass is 16.5. The van der Waals surface area contributed by atoms with Crippen molar-refractivity contribution in [2.45, 2.75) is 18.9 Å². The highest BCUT2D eigenvalue weighted by Gasteiger charge is 2.23. The van der Waals surface area contributed by atoms with E-state index in [1.54, 1.807) is 6.07 Å². The number of fused-ring (bicyclic) bond motifs is 1. The zero-order valence-corrected chi connectivity index (χ0v) is 12.5. The van der Waals surface area contributed by atoms with Crippen LogP contribution in [0.15, 0.2) is 52.9 Å². The topological polar surface area (TPSA) is 64.4 Å². The van der Waals surface area contributed by atoms with Crippen molar-refractivity contribution in [1.82, 2.24) is 4.98 Å². The molecule has 1 amide bonds. The van der Waals surface area contributed by atoms with Gasteiger partial charge in [0.15, 0.2) is 5.58 Å². The third-order valence-electron chi connectivity index (χ3n) is 3.90.